The van der Waals surface area contributed by atoms with Gasteiger partial charge in [0.15, 0.2) is 0 Å². The molecule has 0 N–H and O–H groups in total. The fourth-order valence-corrected chi connectivity index (χ4v) is 5.63. The summed E-state index contributed by atoms with van der Waals surface area (Å²) < 4.78 is 27.4. The summed E-state index contributed by atoms with van der Waals surface area (Å²) in [5.74, 6) is 0. The van der Waals surface area contributed by atoms with Crippen LogP contribution in [-0.2, 0) is 10.0 Å². The number of thiophene rings is 1. The van der Waals surface area contributed by atoms with Gasteiger partial charge in [-0.1, -0.05) is 24.9 Å². The van der Waals surface area contributed by atoms with E-state index in [1.165, 1.54) is 0 Å². The Bertz CT molecular complexity index is 483. The van der Waals surface area contributed by atoms with Crippen LogP contribution in [0.25, 0.3) is 0 Å². The quantitative estimate of drug-likeness (QED) is 0.857. The van der Waals surface area contributed by atoms with Crippen LogP contribution < -0.4 is 0 Å². The Morgan fingerprint density at radius 3 is 2.82 bits per heavy atom. The maximum Gasteiger partial charge on any atom is 0.252 e. The number of hydrogen-bond donors (Lipinski definition) is 0. The summed E-state index contributed by atoms with van der Waals surface area (Å²) in [6, 6.07) is 3.39. The molecule has 0 spiro atoms. The lowest BCUT2D eigenvalue weighted by molar-refractivity contribution is 0.247. The van der Waals surface area contributed by atoms with Crippen molar-refractivity contribution in [1.82, 2.24) is 4.31 Å². The zero-order valence-corrected chi connectivity index (χ0v) is 12.1. The lowest BCUT2D eigenvalue weighted by Gasteiger charge is -2.33. The van der Waals surface area contributed by atoms with Gasteiger partial charge in [-0.3, -0.25) is 0 Å². The van der Waals surface area contributed by atoms with Gasteiger partial charge in [0.2, 0.25) is 0 Å². The average molecular weight is 294 g/mol. The smallest absolute Gasteiger partial charge is 0.206 e. The molecule has 0 aliphatic carbocycles. The SMILES string of the molecule is CCC1CCCCN1S(=O)(=O)c1ccc(Cl)s1. The van der Waals surface area contributed by atoms with Crippen LogP contribution >= 0.6 is 22.9 Å². The molecule has 2 heterocycles. The number of halogens is 1. The Morgan fingerprint density at radius 1 is 1.47 bits per heavy atom. The summed E-state index contributed by atoms with van der Waals surface area (Å²) in [5, 5.41) is 0. The third-order valence-electron chi connectivity index (χ3n) is 3.16. The second-order valence-corrected chi connectivity index (χ2v) is 8.06. The molecule has 1 saturated heterocycles. The first-order chi connectivity index (χ1) is 8.05. The standard InChI is InChI=1S/C11H16ClNO2S2/c1-2-9-5-3-4-8-13(9)17(14,15)11-7-6-10(12)16-11/h6-7,9H,2-5,8H2,1H3. The summed E-state index contributed by atoms with van der Waals surface area (Å²) in [7, 11) is -3.34. The molecule has 96 valence electrons. The Balaban J connectivity index is 2.30. The van der Waals surface area contributed by atoms with Crippen molar-refractivity contribution in [3.8, 4) is 0 Å². The third kappa shape index (κ3) is 2.67. The van der Waals surface area contributed by atoms with Crippen LogP contribution in [0.1, 0.15) is 32.6 Å². The molecule has 1 aliphatic rings. The van der Waals surface area contributed by atoms with Crippen LogP contribution in [0.2, 0.25) is 4.34 Å². The topological polar surface area (TPSA) is 37.4 Å². The first-order valence-corrected chi connectivity index (χ1v) is 8.46. The van der Waals surface area contributed by atoms with Crippen LogP contribution in [0.4, 0.5) is 0 Å². The minimum absolute atomic E-state index is 0.148. The summed E-state index contributed by atoms with van der Waals surface area (Å²) in [5.41, 5.74) is 0. The second kappa shape index (κ2) is 5.26. The molecule has 1 aromatic rings. The van der Waals surface area contributed by atoms with E-state index in [0.717, 1.165) is 37.0 Å². The van der Waals surface area contributed by atoms with Gasteiger partial charge in [-0.2, -0.15) is 4.31 Å². The first-order valence-electron chi connectivity index (χ1n) is 5.83. The van der Waals surface area contributed by atoms with E-state index in [4.69, 9.17) is 11.6 Å². The minimum atomic E-state index is -3.34. The summed E-state index contributed by atoms with van der Waals surface area (Å²) in [6.07, 6.45) is 3.91. The fourth-order valence-electron chi connectivity index (χ4n) is 2.25. The minimum Gasteiger partial charge on any atom is -0.206 e. The number of piperidine rings is 1. The van der Waals surface area contributed by atoms with Crippen molar-refractivity contribution < 1.29 is 8.42 Å². The second-order valence-electron chi connectivity index (χ2n) is 4.23. The van der Waals surface area contributed by atoms with E-state index in [2.05, 4.69) is 0 Å². The Kier molecular flexibility index (Phi) is 4.13. The predicted molar refractivity (Wildman–Crippen MR) is 71.2 cm³/mol. The van der Waals surface area contributed by atoms with Crippen molar-refractivity contribution >= 4 is 33.0 Å². The first kappa shape index (κ1) is 13.3. The highest BCUT2D eigenvalue weighted by Gasteiger charge is 2.33. The van der Waals surface area contributed by atoms with Gasteiger partial charge in [-0.05, 0) is 31.4 Å². The van der Waals surface area contributed by atoms with Crippen molar-refractivity contribution in [2.45, 2.75) is 42.9 Å². The van der Waals surface area contributed by atoms with E-state index in [1.807, 2.05) is 6.92 Å². The van der Waals surface area contributed by atoms with E-state index in [9.17, 15) is 8.42 Å². The Hall–Kier alpha value is -0.100. The van der Waals surface area contributed by atoms with Crippen molar-refractivity contribution in [1.29, 1.82) is 0 Å². The number of rotatable bonds is 3. The Morgan fingerprint density at radius 2 is 2.24 bits per heavy atom. The number of hydrogen-bond acceptors (Lipinski definition) is 3. The van der Waals surface area contributed by atoms with Crippen molar-refractivity contribution in [3.05, 3.63) is 16.5 Å². The summed E-state index contributed by atoms with van der Waals surface area (Å²) in [6.45, 7) is 2.68. The van der Waals surface area contributed by atoms with Gasteiger partial charge in [0.05, 0.1) is 4.34 Å². The van der Waals surface area contributed by atoms with Crippen LogP contribution in [0, 0.1) is 0 Å². The maximum atomic E-state index is 12.4. The van der Waals surface area contributed by atoms with Gasteiger partial charge in [0, 0.05) is 12.6 Å². The molecule has 1 aliphatic heterocycles. The van der Waals surface area contributed by atoms with Gasteiger partial charge in [-0.25, -0.2) is 8.42 Å². The molecule has 1 unspecified atom stereocenters. The zero-order valence-electron chi connectivity index (χ0n) is 9.73. The lowest BCUT2D eigenvalue weighted by atomic mass is 10.0. The third-order valence-corrected chi connectivity index (χ3v) is 6.81. The highest BCUT2D eigenvalue weighted by atomic mass is 35.5. The number of sulfonamides is 1. The molecular formula is C11H16ClNO2S2. The summed E-state index contributed by atoms with van der Waals surface area (Å²) in [4.78, 5) is 0. The maximum absolute atomic E-state index is 12.4. The fraction of sp³-hybridized carbons (Fsp3) is 0.636. The lowest BCUT2D eigenvalue weighted by Crippen LogP contribution is -2.42. The molecule has 2 rings (SSSR count). The van der Waals surface area contributed by atoms with Crippen LogP contribution in [-0.4, -0.2) is 25.3 Å². The van der Waals surface area contributed by atoms with Gasteiger partial charge in [-0.15, -0.1) is 11.3 Å². The van der Waals surface area contributed by atoms with Crippen molar-refractivity contribution in [3.63, 3.8) is 0 Å². The number of nitrogens with zero attached hydrogens (tertiary/aromatic N) is 1. The van der Waals surface area contributed by atoms with Gasteiger partial charge in [0.25, 0.3) is 10.0 Å². The summed E-state index contributed by atoms with van der Waals surface area (Å²) >= 11 is 6.95. The van der Waals surface area contributed by atoms with Gasteiger partial charge < -0.3 is 0 Å². The molecule has 0 aromatic carbocycles. The normalized spacial score (nSPS) is 22.8. The predicted octanol–water partition coefficient (Wildman–Crippen LogP) is 3.35. The van der Waals surface area contributed by atoms with Crippen LogP contribution in [0.3, 0.4) is 0 Å². The Labute approximate surface area is 111 Å². The molecule has 1 atom stereocenters. The van der Waals surface area contributed by atoms with Crippen LogP contribution in [0.5, 0.6) is 0 Å². The molecular weight excluding hydrogens is 278 g/mol. The molecule has 1 aromatic heterocycles. The van der Waals surface area contributed by atoms with E-state index in [-0.39, 0.29) is 6.04 Å². The molecule has 17 heavy (non-hydrogen) atoms. The molecule has 0 saturated carbocycles. The van der Waals surface area contributed by atoms with E-state index in [1.54, 1.807) is 16.4 Å². The van der Waals surface area contributed by atoms with Crippen LogP contribution in [0.15, 0.2) is 16.3 Å². The largest absolute Gasteiger partial charge is 0.252 e. The monoisotopic (exact) mass is 293 g/mol. The van der Waals surface area contributed by atoms with E-state index < -0.39 is 10.0 Å². The molecule has 1 fully saturated rings. The zero-order chi connectivity index (χ0) is 12.5. The molecule has 3 nitrogen and oxygen atoms in total. The van der Waals surface area contributed by atoms with E-state index >= 15 is 0 Å². The highest BCUT2D eigenvalue weighted by Crippen LogP contribution is 2.32. The molecule has 0 amide bonds. The molecule has 0 bridgehead atoms. The van der Waals surface area contributed by atoms with Gasteiger partial charge >= 0.3 is 0 Å². The van der Waals surface area contributed by atoms with E-state index in [0.29, 0.717) is 15.1 Å². The van der Waals surface area contributed by atoms with Crippen molar-refractivity contribution in [2.24, 2.45) is 0 Å². The average Bonchev–Trinajstić information content (AvgIpc) is 2.76. The van der Waals surface area contributed by atoms with Gasteiger partial charge in [0.1, 0.15) is 4.21 Å². The van der Waals surface area contributed by atoms with Crippen molar-refractivity contribution in [2.75, 3.05) is 6.54 Å². The molecule has 6 heteroatoms. The molecule has 0 radical (unpaired) electrons. The highest BCUT2D eigenvalue weighted by molar-refractivity contribution is 7.91.